The average molecular weight is 279 g/mol. The van der Waals surface area contributed by atoms with E-state index in [1.54, 1.807) is 6.26 Å². The van der Waals surface area contributed by atoms with Crippen LogP contribution in [0.4, 0.5) is 0 Å². The predicted octanol–water partition coefficient (Wildman–Crippen LogP) is 3.42. The van der Waals surface area contributed by atoms with E-state index in [4.69, 9.17) is 4.42 Å². The Hall–Kier alpha value is -0.970. The summed E-state index contributed by atoms with van der Waals surface area (Å²) in [4.78, 5) is 0. The van der Waals surface area contributed by atoms with E-state index < -0.39 is 11.4 Å². The van der Waals surface area contributed by atoms with Crippen LogP contribution in [0.15, 0.2) is 34.9 Å². The second kappa shape index (κ2) is 5.57. The minimum atomic E-state index is -1.03. The maximum absolute atomic E-state index is 12.0. The number of hydrogen-bond acceptors (Lipinski definition) is 3. The van der Waals surface area contributed by atoms with Crippen molar-refractivity contribution in [2.24, 2.45) is 0 Å². The van der Waals surface area contributed by atoms with Gasteiger partial charge in [-0.05, 0) is 51.8 Å². The molecule has 0 fully saturated rings. The van der Waals surface area contributed by atoms with E-state index in [1.807, 2.05) is 32.9 Å². The van der Waals surface area contributed by atoms with Gasteiger partial charge in [-0.15, -0.1) is 4.72 Å². The third kappa shape index (κ3) is 3.75. The fourth-order valence-corrected chi connectivity index (χ4v) is 2.68. The van der Waals surface area contributed by atoms with Crippen LogP contribution in [0.3, 0.4) is 0 Å². The number of hydrogen-bond donors (Lipinski definition) is 1. The molecule has 0 aliphatic carbocycles. The summed E-state index contributed by atoms with van der Waals surface area (Å²) in [6.07, 6.45) is 2.53. The van der Waals surface area contributed by atoms with Gasteiger partial charge in [0.25, 0.3) is 0 Å². The van der Waals surface area contributed by atoms with Gasteiger partial charge in [-0.3, -0.25) is 0 Å². The Kier molecular flexibility index (Phi) is 4.23. The Labute approximate surface area is 117 Å². The number of rotatable bonds is 4. The van der Waals surface area contributed by atoms with Gasteiger partial charge in [0.1, 0.15) is 10.3 Å². The van der Waals surface area contributed by atoms with E-state index in [2.05, 4.69) is 23.8 Å². The van der Waals surface area contributed by atoms with E-state index in [-0.39, 0.29) is 10.8 Å². The Balaban J connectivity index is 2.00. The van der Waals surface area contributed by atoms with Crippen LogP contribution in [0, 0.1) is 0 Å². The first-order valence-corrected chi connectivity index (χ1v) is 7.65. The molecular weight excluding hydrogens is 258 g/mol. The molecule has 0 aliphatic rings. The smallest absolute Gasteiger partial charge is 0.136 e. The van der Waals surface area contributed by atoms with E-state index in [1.165, 1.54) is 5.56 Å². The zero-order chi connectivity index (χ0) is 14.0. The Morgan fingerprint density at radius 3 is 2.74 bits per heavy atom. The van der Waals surface area contributed by atoms with Crippen molar-refractivity contribution in [3.63, 3.8) is 0 Å². The summed E-state index contributed by atoms with van der Waals surface area (Å²) in [7, 11) is 0. The molecule has 0 bridgehead atoms. The summed E-state index contributed by atoms with van der Waals surface area (Å²) in [5.74, 6) is 0. The molecule has 0 radical (unpaired) electrons. The number of furan rings is 1. The van der Waals surface area contributed by atoms with Gasteiger partial charge in [0.2, 0.25) is 0 Å². The number of fused-ring (bicyclic) bond motifs is 1. The molecule has 1 N–H and O–H groups in total. The Bertz CT molecular complexity index is 544. The van der Waals surface area contributed by atoms with Gasteiger partial charge in [0, 0.05) is 16.7 Å². The molecule has 3 nitrogen and oxygen atoms in total. The molecule has 0 amide bonds. The minimum Gasteiger partial charge on any atom is -0.598 e. The van der Waals surface area contributed by atoms with Crippen LogP contribution in [-0.2, 0) is 17.8 Å². The third-order valence-corrected chi connectivity index (χ3v) is 4.66. The van der Waals surface area contributed by atoms with E-state index in [9.17, 15) is 4.55 Å². The monoisotopic (exact) mass is 279 g/mol. The molecular formula is C15H21NO2S. The maximum Gasteiger partial charge on any atom is 0.136 e. The molecule has 1 aromatic carbocycles. The molecule has 0 aliphatic heterocycles. The molecule has 0 saturated carbocycles. The molecule has 2 aromatic rings. The number of benzene rings is 1. The van der Waals surface area contributed by atoms with Crippen LogP contribution < -0.4 is 4.72 Å². The lowest BCUT2D eigenvalue weighted by atomic mass is 10.1. The quantitative estimate of drug-likeness (QED) is 0.872. The van der Waals surface area contributed by atoms with Gasteiger partial charge in [-0.2, -0.15) is 0 Å². The SMILES string of the molecule is C[C@H](Cc1ccc2ccoc2c1)N[S@+]([O-])C(C)(C)C. The lowest BCUT2D eigenvalue weighted by Crippen LogP contribution is -2.44. The Morgan fingerprint density at radius 1 is 1.32 bits per heavy atom. The third-order valence-electron chi connectivity index (χ3n) is 2.93. The Morgan fingerprint density at radius 2 is 2.05 bits per heavy atom. The predicted molar refractivity (Wildman–Crippen MR) is 80.4 cm³/mol. The summed E-state index contributed by atoms with van der Waals surface area (Å²) in [6.45, 7) is 7.96. The highest BCUT2D eigenvalue weighted by Crippen LogP contribution is 2.19. The van der Waals surface area contributed by atoms with Crippen molar-refractivity contribution in [1.82, 2.24) is 4.72 Å². The largest absolute Gasteiger partial charge is 0.598 e. The van der Waals surface area contributed by atoms with Crippen LogP contribution in [0.25, 0.3) is 11.0 Å². The van der Waals surface area contributed by atoms with Crippen LogP contribution in [0.2, 0.25) is 0 Å². The first-order chi connectivity index (χ1) is 8.86. The summed E-state index contributed by atoms with van der Waals surface area (Å²) in [6, 6.07) is 8.31. The number of nitrogens with one attached hydrogen (secondary N) is 1. The van der Waals surface area contributed by atoms with Crippen molar-refractivity contribution in [3.05, 3.63) is 36.1 Å². The zero-order valence-electron chi connectivity index (χ0n) is 11.9. The van der Waals surface area contributed by atoms with Crippen LogP contribution in [-0.4, -0.2) is 15.3 Å². The topological polar surface area (TPSA) is 48.2 Å². The van der Waals surface area contributed by atoms with Gasteiger partial charge in [0.05, 0.1) is 12.3 Å². The lowest BCUT2D eigenvalue weighted by molar-refractivity contribution is 0.526. The molecule has 0 saturated heterocycles. The molecule has 1 heterocycles. The highest BCUT2D eigenvalue weighted by atomic mass is 32.2. The molecule has 2 atom stereocenters. The molecule has 19 heavy (non-hydrogen) atoms. The highest BCUT2D eigenvalue weighted by Gasteiger charge is 2.27. The molecule has 0 unspecified atom stereocenters. The second-order valence-electron chi connectivity index (χ2n) is 5.90. The zero-order valence-corrected chi connectivity index (χ0v) is 12.7. The highest BCUT2D eigenvalue weighted by molar-refractivity contribution is 7.90. The van der Waals surface area contributed by atoms with Gasteiger partial charge >= 0.3 is 0 Å². The average Bonchev–Trinajstić information content (AvgIpc) is 2.74. The van der Waals surface area contributed by atoms with Crippen molar-refractivity contribution < 1.29 is 8.97 Å². The van der Waals surface area contributed by atoms with Crippen molar-refractivity contribution >= 4 is 22.3 Å². The molecule has 104 valence electrons. The first kappa shape index (κ1) is 14.4. The lowest BCUT2D eigenvalue weighted by Gasteiger charge is -2.26. The van der Waals surface area contributed by atoms with Crippen molar-refractivity contribution in [1.29, 1.82) is 0 Å². The molecule has 1 aromatic heterocycles. The fraction of sp³-hybridized carbons (Fsp3) is 0.467. The maximum atomic E-state index is 12.0. The van der Waals surface area contributed by atoms with E-state index in [0.29, 0.717) is 0 Å². The van der Waals surface area contributed by atoms with E-state index in [0.717, 1.165) is 17.4 Å². The van der Waals surface area contributed by atoms with Crippen molar-refractivity contribution in [2.45, 2.75) is 44.9 Å². The fourth-order valence-electron chi connectivity index (χ4n) is 1.88. The van der Waals surface area contributed by atoms with Crippen LogP contribution in [0.1, 0.15) is 33.3 Å². The molecule has 0 spiro atoms. The summed E-state index contributed by atoms with van der Waals surface area (Å²) in [5.41, 5.74) is 2.09. The van der Waals surface area contributed by atoms with E-state index >= 15 is 0 Å². The minimum absolute atomic E-state index is 0.160. The standard InChI is InChI=1S/C15H21NO2S/c1-11(16-19(17)15(2,3)4)9-12-5-6-13-7-8-18-14(13)10-12/h5-8,10-11,16H,9H2,1-4H3/t11-,19-/m1/s1. The molecule has 2 rings (SSSR count). The summed E-state index contributed by atoms with van der Waals surface area (Å²) in [5, 5.41) is 1.11. The summed E-state index contributed by atoms with van der Waals surface area (Å²) < 4.78 is 20.3. The second-order valence-corrected chi connectivity index (χ2v) is 7.89. The van der Waals surface area contributed by atoms with Gasteiger partial charge in [-0.25, -0.2) is 0 Å². The normalized spacial score (nSPS) is 15.6. The van der Waals surface area contributed by atoms with Gasteiger partial charge < -0.3 is 8.97 Å². The van der Waals surface area contributed by atoms with Gasteiger partial charge in [-0.1, -0.05) is 12.1 Å². The van der Waals surface area contributed by atoms with Crippen LogP contribution in [0.5, 0.6) is 0 Å². The first-order valence-electron chi connectivity index (χ1n) is 6.50. The molecule has 4 heteroatoms. The van der Waals surface area contributed by atoms with Crippen LogP contribution >= 0.6 is 0 Å². The van der Waals surface area contributed by atoms with Crippen molar-refractivity contribution in [3.8, 4) is 0 Å². The summed E-state index contributed by atoms with van der Waals surface area (Å²) >= 11 is -1.03. The van der Waals surface area contributed by atoms with Crippen molar-refractivity contribution in [2.75, 3.05) is 0 Å². The van der Waals surface area contributed by atoms with Gasteiger partial charge in [0.15, 0.2) is 0 Å².